The Morgan fingerprint density at radius 3 is 1.43 bits per heavy atom. The Morgan fingerprint density at radius 1 is 0.523 bits per heavy atom. The molecule has 16 N–H and O–H groups in total. The van der Waals surface area contributed by atoms with Gasteiger partial charge in [-0.25, -0.2) is 0 Å². The van der Waals surface area contributed by atoms with Crippen molar-refractivity contribution in [2.24, 2.45) is 29.2 Å². The number of thiol groups is 1. The lowest BCUT2D eigenvalue weighted by Gasteiger charge is -2.28. The van der Waals surface area contributed by atoms with Gasteiger partial charge in [0.1, 0.15) is 48.3 Å². The van der Waals surface area contributed by atoms with Crippen LogP contribution in [0, 0.1) is 17.8 Å². The number of carbonyl (C=O) groups excluding carboxylic acids is 9. The lowest BCUT2D eigenvalue weighted by Crippen LogP contribution is -2.61. The summed E-state index contributed by atoms with van der Waals surface area (Å²) in [6, 6.07) is -12.3. The molecule has 0 radical (unpaired) electrons. The second-order valence-corrected chi connectivity index (χ2v) is 16.7. The smallest absolute Gasteiger partial charge is 0.325 e. The highest BCUT2D eigenvalue weighted by atomic mass is 32.1. The van der Waals surface area contributed by atoms with Gasteiger partial charge in [0.25, 0.3) is 0 Å². The minimum Gasteiger partial charge on any atom is -0.481 e. The number of carbonyl (C=O) groups is 11. The maximum Gasteiger partial charge on any atom is 0.325 e. The Kier molecular flexibility index (Phi) is 27.2. The zero-order chi connectivity index (χ0) is 50.3. The molecule has 0 aromatic rings. The number of rotatable bonds is 30. The molecule has 0 saturated carbocycles. The number of carboxylic acids is 2. The molecule has 0 bridgehead atoms. The lowest BCUT2D eigenvalue weighted by molar-refractivity contribution is -0.142. The number of amides is 9. The molecule has 0 aliphatic heterocycles. The molecule has 0 fully saturated rings. The molecule has 26 heteroatoms. The maximum absolute atomic E-state index is 13.5. The number of aliphatic hydroxyl groups is 1. The lowest BCUT2D eigenvalue weighted by atomic mass is 10.0. The van der Waals surface area contributed by atoms with Gasteiger partial charge in [0.15, 0.2) is 0 Å². The van der Waals surface area contributed by atoms with Crippen molar-refractivity contribution in [3.05, 3.63) is 0 Å². The molecule has 9 amide bonds. The predicted molar refractivity (Wildman–Crippen MR) is 236 cm³/mol. The Bertz CT molecular complexity index is 1680. The fourth-order valence-corrected chi connectivity index (χ4v) is 5.79. The monoisotopic (exact) mass is 947 g/mol. The number of nitrogens with one attached hydrogen (secondary N) is 9. The highest BCUT2D eigenvalue weighted by Crippen LogP contribution is 2.09. The summed E-state index contributed by atoms with van der Waals surface area (Å²) in [7, 11) is 0. The van der Waals surface area contributed by atoms with Crippen LogP contribution in [0.1, 0.15) is 81.1 Å². The molecular weight excluding hydrogens is 879 g/mol. The summed E-state index contributed by atoms with van der Waals surface area (Å²) >= 11 is 3.96. The number of carboxylic acid groups (broad SMARTS) is 2. The molecule has 65 heavy (non-hydrogen) atoms. The van der Waals surface area contributed by atoms with E-state index in [4.69, 9.17) is 11.5 Å². The van der Waals surface area contributed by atoms with Crippen molar-refractivity contribution < 1.29 is 68.1 Å². The zero-order valence-electron chi connectivity index (χ0n) is 38.0. The highest BCUT2D eigenvalue weighted by Gasteiger charge is 2.36. The van der Waals surface area contributed by atoms with Crippen LogP contribution < -0.4 is 59.3 Å². The predicted octanol–water partition coefficient (Wildman–Crippen LogP) is -5.07. The van der Waals surface area contributed by atoms with E-state index in [9.17, 15) is 68.1 Å². The largest absolute Gasteiger partial charge is 0.481 e. The third-order valence-electron chi connectivity index (χ3n) is 9.60. The van der Waals surface area contributed by atoms with E-state index in [2.05, 4.69) is 60.5 Å². The third kappa shape index (κ3) is 21.8. The van der Waals surface area contributed by atoms with Crippen molar-refractivity contribution in [2.75, 3.05) is 25.4 Å². The van der Waals surface area contributed by atoms with Crippen LogP contribution in [-0.2, 0) is 52.7 Å². The van der Waals surface area contributed by atoms with Gasteiger partial charge in [0, 0.05) is 5.75 Å². The van der Waals surface area contributed by atoms with Gasteiger partial charge < -0.3 is 74.6 Å². The first kappa shape index (κ1) is 59.4. The molecule has 9 atom stereocenters. The van der Waals surface area contributed by atoms with Crippen LogP contribution in [0.5, 0.6) is 0 Å². The minimum atomic E-state index is -1.87. The summed E-state index contributed by atoms with van der Waals surface area (Å²) in [6.07, 6.45) is -0.128. The number of hydrogen-bond donors (Lipinski definition) is 15. The van der Waals surface area contributed by atoms with E-state index in [-0.39, 0.29) is 24.6 Å². The van der Waals surface area contributed by atoms with Gasteiger partial charge in [-0.3, -0.25) is 52.7 Å². The molecule has 0 spiro atoms. The summed E-state index contributed by atoms with van der Waals surface area (Å²) in [5.41, 5.74) is 11.2. The average Bonchev–Trinajstić information content (AvgIpc) is 3.22. The molecule has 0 aliphatic rings. The Hall–Kier alpha value is -5.60. The SMILES string of the molecule is CC(C)[C@H](NC(=O)[C@H](C)NC(=O)CNC(=O)[C@@H](NC(=O)[C@@H](N)CS)C(C)C)C(=O)N[C@@H](CO)C(=O)N[C@@H](CC(=O)O)C(=O)N[C@H](C(=O)N[C@@H](CCCCN)C(=O)N[C@@H](C)C(=O)O)C(C)C. The van der Waals surface area contributed by atoms with Gasteiger partial charge in [-0.05, 0) is 57.4 Å². The molecule has 0 rings (SSSR count). The molecule has 0 heterocycles. The van der Waals surface area contributed by atoms with Crippen LogP contribution in [0.15, 0.2) is 0 Å². The molecule has 0 aromatic heterocycles. The maximum atomic E-state index is 13.5. The third-order valence-corrected chi connectivity index (χ3v) is 10.00. The van der Waals surface area contributed by atoms with Gasteiger partial charge in [-0.2, -0.15) is 12.6 Å². The highest BCUT2D eigenvalue weighted by molar-refractivity contribution is 7.80. The van der Waals surface area contributed by atoms with Gasteiger partial charge in [0.05, 0.1) is 25.6 Å². The normalized spacial score (nSPS) is 15.3. The summed E-state index contributed by atoms with van der Waals surface area (Å²) in [6.45, 7) is 10.6. The van der Waals surface area contributed by atoms with Gasteiger partial charge >= 0.3 is 11.9 Å². The van der Waals surface area contributed by atoms with Gasteiger partial charge in [-0.15, -0.1) is 0 Å². The van der Waals surface area contributed by atoms with Crippen molar-refractivity contribution in [3.8, 4) is 0 Å². The van der Waals surface area contributed by atoms with Crippen LogP contribution >= 0.6 is 12.6 Å². The fourth-order valence-electron chi connectivity index (χ4n) is 5.63. The average molecular weight is 948 g/mol. The van der Waals surface area contributed by atoms with Crippen LogP contribution in [-0.4, -0.2) is 160 Å². The van der Waals surface area contributed by atoms with E-state index in [1.165, 1.54) is 41.5 Å². The van der Waals surface area contributed by atoms with Crippen molar-refractivity contribution in [2.45, 2.75) is 135 Å². The van der Waals surface area contributed by atoms with Crippen molar-refractivity contribution in [3.63, 3.8) is 0 Å². The molecule has 0 saturated heterocycles. The number of nitrogens with two attached hydrogens (primary N) is 2. The minimum absolute atomic E-state index is 0.0284. The first-order valence-electron chi connectivity index (χ1n) is 21.0. The molecule has 0 aromatic carbocycles. The quantitative estimate of drug-likeness (QED) is 0.0237. The summed E-state index contributed by atoms with van der Waals surface area (Å²) in [5.74, 6) is -12.7. The van der Waals surface area contributed by atoms with Crippen molar-refractivity contribution in [1.29, 1.82) is 0 Å². The number of hydrogen-bond acceptors (Lipinski definition) is 15. The topological polar surface area (TPSA) is 409 Å². The second kappa shape index (κ2) is 29.8. The van der Waals surface area contributed by atoms with E-state index in [0.29, 0.717) is 12.8 Å². The summed E-state index contributed by atoms with van der Waals surface area (Å²) < 4.78 is 0. The summed E-state index contributed by atoms with van der Waals surface area (Å²) in [4.78, 5) is 140. The summed E-state index contributed by atoms with van der Waals surface area (Å²) in [5, 5.41) is 50.0. The number of aliphatic hydroxyl groups excluding tert-OH is 1. The molecule has 370 valence electrons. The van der Waals surface area contributed by atoms with Crippen LogP contribution in [0.2, 0.25) is 0 Å². The molecule has 0 unspecified atom stereocenters. The van der Waals surface area contributed by atoms with Crippen LogP contribution in [0.3, 0.4) is 0 Å². The standard InChI is InChI=1S/C39H69N11O14S/c1-17(2)28(49-32(56)22(41)16-65)36(60)42-14-26(52)43-20(7)31(55)48-29(18(3)4)38(62)47-25(15-51)35(59)46-24(13-27(53)54)34(58)50-30(19(5)6)37(61)45-23(11-9-10-12-40)33(57)44-21(8)39(63)64/h17-25,28-30,51,65H,9-16,40-41H2,1-8H3,(H,42,60)(H,43,52)(H,44,57)(H,45,61)(H,46,59)(H,47,62)(H,48,55)(H,49,56)(H,50,58)(H,53,54)(H,63,64)/t20-,21-,22-,23-,24-,25-,28-,29-,30-/m0/s1. The first-order valence-corrected chi connectivity index (χ1v) is 21.7. The van der Waals surface area contributed by atoms with Crippen LogP contribution in [0.4, 0.5) is 0 Å². The van der Waals surface area contributed by atoms with Crippen molar-refractivity contribution >= 4 is 77.7 Å². The first-order chi connectivity index (χ1) is 30.2. The molecular formula is C39H69N11O14S. The van der Waals surface area contributed by atoms with Gasteiger partial charge in [0.2, 0.25) is 53.2 Å². The second-order valence-electron chi connectivity index (χ2n) is 16.3. The van der Waals surface area contributed by atoms with E-state index in [1.54, 1.807) is 13.8 Å². The van der Waals surface area contributed by atoms with E-state index >= 15 is 0 Å². The van der Waals surface area contributed by atoms with E-state index < -0.39 is 151 Å². The van der Waals surface area contributed by atoms with Crippen LogP contribution in [0.25, 0.3) is 0 Å². The Morgan fingerprint density at radius 2 is 0.969 bits per heavy atom. The van der Waals surface area contributed by atoms with E-state index in [0.717, 1.165) is 0 Å². The van der Waals surface area contributed by atoms with Gasteiger partial charge in [-0.1, -0.05) is 41.5 Å². The van der Waals surface area contributed by atoms with E-state index in [1.807, 2.05) is 0 Å². The Labute approximate surface area is 383 Å². The van der Waals surface area contributed by atoms with Crippen molar-refractivity contribution in [1.82, 2.24) is 47.9 Å². The zero-order valence-corrected chi connectivity index (χ0v) is 38.9. The molecule has 0 aliphatic carbocycles. The fraction of sp³-hybridized carbons (Fsp3) is 0.718. The number of aliphatic carboxylic acids is 2. The number of unbranched alkanes of at least 4 members (excludes halogenated alkanes) is 1. The Balaban J connectivity index is 5.86. The molecule has 25 nitrogen and oxygen atoms in total.